The number of ether oxygens (including phenoxy) is 2. The van der Waals surface area contributed by atoms with E-state index in [2.05, 4.69) is 20.1 Å². The van der Waals surface area contributed by atoms with E-state index < -0.39 is 12.0 Å². The summed E-state index contributed by atoms with van der Waals surface area (Å²) in [6.45, 7) is 2.95. The first-order valence-corrected chi connectivity index (χ1v) is 15.8. The number of anilines is 2. The number of piperazine rings is 1. The minimum atomic E-state index is -0.880. The quantitative estimate of drug-likeness (QED) is 0.363. The topological polar surface area (TPSA) is 102 Å². The highest BCUT2D eigenvalue weighted by Gasteiger charge is 2.49. The molecule has 9 nitrogen and oxygen atoms in total. The number of nitrogens with zero attached hydrogens (tertiary/aromatic N) is 5. The summed E-state index contributed by atoms with van der Waals surface area (Å²) in [4.78, 5) is 18.6. The summed E-state index contributed by atoms with van der Waals surface area (Å²) < 4.78 is 43.4. The average molecular weight is 612 g/mol. The standard InChI is InChI=1S/C31H36ClF2N7O2/c1-42-29-24-27(25(34)26(37-29)21-9-18(35)10-22(32)23(21)16-3-4-16)38-30(39-28(24)40-13-19-5-6-20(14-40)36-19)43-15-31-7-2-8-41(31)12-17(33)11-31/h9-10,16-17,19-20,36H,2-8,11-15,35H2,1H3/t17-,19-,20+,31+/m1/s1. The number of hydrogen-bond acceptors (Lipinski definition) is 9. The van der Waals surface area contributed by atoms with Crippen molar-refractivity contribution in [3.05, 3.63) is 28.5 Å². The Labute approximate surface area is 254 Å². The third-order valence-electron chi connectivity index (χ3n) is 10.0. The smallest absolute Gasteiger partial charge is 0.319 e. The number of methoxy groups -OCH3 is 1. The molecule has 12 heteroatoms. The van der Waals surface area contributed by atoms with Crippen molar-refractivity contribution in [3.63, 3.8) is 0 Å². The van der Waals surface area contributed by atoms with Crippen molar-refractivity contribution in [2.75, 3.05) is 50.5 Å². The number of hydrogen-bond donors (Lipinski definition) is 2. The molecule has 1 saturated carbocycles. The van der Waals surface area contributed by atoms with E-state index in [4.69, 9.17) is 36.8 Å². The molecule has 43 heavy (non-hydrogen) atoms. The van der Waals surface area contributed by atoms with Crippen LogP contribution >= 0.6 is 11.6 Å². The first-order valence-electron chi connectivity index (χ1n) is 15.4. The predicted molar refractivity (Wildman–Crippen MR) is 161 cm³/mol. The first kappa shape index (κ1) is 27.5. The van der Waals surface area contributed by atoms with Crippen LogP contribution in [0.5, 0.6) is 11.9 Å². The molecule has 2 aromatic heterocycles. The van der Waals surface area contributed by atoms with Crippen molar-refractivity contribution in [2.45, 2.75) is 74.7 Å². The largest absolute Gasteiger partial charge is 0.480 e. The monoisotopic (exact) mass is 611 g/mol. The van der Waals surface area contributed by atoms with Gasteiger partial charge in [-0.3, -0.25) is 4.90 Å². The molecule has 1 aliphatic carbocycles. The van der Waals surface area contributed by atoms with Crippen LogP contribution in [-0.4, -0.2) is 83.5 Å². The summed E-state index contributed by atoms with van der Waals surface area (Å²) in [5, 5.41) is 4.56. The van der Waals surface area contributed by atoms with Crippen LogP contribution < -0.4 is 25.4 Å². The zero-order chi connectivity index (χ0) is 29.5. The van der Waals surface area contributed by atoms with Gasteiger partial charge in [-0.1, -0.05) is 11.6 Å². The Morgan fingerprint density at radius 2 is 1.91 bits per heavy atom. The normalized spacial score (nSPS) is 28.6. The van der Waals surface area contributed by atoms with E-state index in [1.807, 2.05) is 0 Å². The summed E-state index contributed by atoms with van der Waals surface area (Å²) in [5.41, 5.74) is 7.79. The molecule has 6 heterocycles. The van der Waals surface area contributed by atoms with Crippen LogP contribution in [0.1, 0.15) is 56.4 Å². The summed E-state index contributed by atoms with van der Waals surface area (Å²) >= 11 is 6.66. The summed E-state index contributed by atoms with van der Waals surface area (Å²) in [6.07, 6.45) is 5.48. The lowest BCUT2D eigenvalue weighted by atomic mass is 9.95. The number of pyridine rings is 1. The van der Waals surface area contributed by atoms with Crippen LogP contribution in [0.25, 0.3) is 22.2 Å². The van der Waals surface area contributed by atoms with Crippen LogP contribution in [0, 0.1) is 5.82 Å². The van der Waals surface area contributed by atoms with Crippen molar-refractivity contribution in [3.8, 4) is 23.1 Å². The number of benzene rings is 1. The molecule has 0 amide bonds. The number of aromatic nitrogens is 3. The molecule has 228 valence electrons. The van der Waals surface area contributed by atoms with Gasteiger partial charge in [-0.2, -0.15) is 9.97 Å². The molecule has 3 aromatic rings. The molecular weight excluding hydrogens is 576 g/mol. The Kier molecular flexibility index (Phi) is 6.58. The van der Waals surface area contributed by atoms with Gasteiger partial charge in [0.15, 0.2) is 5.82 Å². The Balaban J connectivity index is 1.28. The van der Waals surface area contributed by atoms with Gasteiger partial charge in [-0.15, -0.1) is 0 Å². The summed E-state index contributed by atoms with van der Waals surface area (Å²) in [5.74, 6) is 0.394. The van der Waals surface area contributed by atoms with Gasteiger partial charge in [-0.25, -0.2) is 13.8 Å². The predicted octanol–water partition coefficient (Wildman–Crippen LogP) is 4.85. The fraction of sp³-hybridized carbons (Fsp3) is 0.581. The minimum absolute atomic E-state index is 0.0723. The highest BCUT2D eigenvalue weighted by molar-refractivity contribution is 6.32. The van der Waals surface area contributed by atoms with E-state index in [1.165, 1.54) is 7.11 Å². The summed E-state index contributed by atoms with van der Waals surface area (Å²) in [7, 11) is 1.52. The van der Waals surface area contributed by atoms with Gasteiger partial charge in [0, 0.05) is 54.4 Å². The summed E-state index contributed by atoms with van der Waals surface area (Å²) in [6, 6.07) is 4.14. The van der Waals surface area contributed by atoms with E-state index in [9.17, 15) is 4.39 Å². The Morgan fingerprint density at radius 3 is 2.65 bits per heavy atom. The Bertz CT molecular complexity index is 1590. The maximum absolute atomic E-state index is 16.9. The number of nitrogens with two attached hydrogens (primary N) is 1. The second-order valence-corrected chi connectivity index (χ2v) is 13.4. The molecule has 5 aliphatic rings. The molecular formula is C31H36ClF2N7O2. The van der Waals surface area contributed by atoms with Gasteiger partial charge >= 0.3 is 6.01 Å². The van der Waals surface area contributed by atoms with Crippen LogP contribution in [0.3, 0.4) is 0 Å². The van der Waals surface area contributed by atoms with Crippen molar-refractivity contribution < 1.29 is 18.3 Å². The average Bonchev–Trinajstić information content (AvgIpc) is 3.56. The highest BCUT2D eigenvalue weighted by atomic mass is 35.5. The molecule has 5 fully saturated rings. The fourth-order valence-corrected chi connectivity index (χ4v) is 8.34. The fourth-order valence-electron chi connectivity index (χ4n) is 7.96. The van der Waals surface area contributed by atoms with Crippen molar-refractivity contribution in [2.24, 2.45) is 0 Å². The lowest BCUT2D eigenvalue weighted by Gasteiger charge is -2.35. The Hall–Kier alpha value is -3.02. The van der Waals surface area contributed by atoms with E-state index in [0.717, 1.165) is 50.6 Å². The van der Waals surface area contributed by atoms with Crippen LogP contribution in [-0.2, 0) is 0 Å². The maximum atomic E-state index is 16.9. The highest BCUT2D eigenvalue weighted by Crippen LogP contribution is 2.50. The van der Waals surface area contributed by atoms with Crippen LogP contribution in [0.15, 0.2) is 12.1 Å². The Morgan fingerprint density at radius 1 is 1.12 bits per heavy atom. The van der Waals surface area contributed by atoms with Crippen molar-refractivity contribution >= 4 is 34.0 Å². The minimum Gasteiger partial charge on any atom is -0.480 e. The van der Waals surface area contributed by atoms with Crippen LogP contribution in [0.4, 0.5) is 20.3 Å². The lowest BCUT2D eigenvalue weighted by molar-refractivity contribution is 0.107. The molecule has 4 saturated heterocycles. The second-order valence-electron chi connectivity index (χ2n) is 13.0. The van der Waals surface area contributed by atoms with Gasteiger partial charge in [0.25, 0.3) is 0 Å². The zero-order valence-corrected chi connectivity index (χ0v) is 25.0. The van der Waals surface area contributed by atoms with E-state index in [1.54, 1.807) is 12.1 Å². The number of fused-ring (bicyclic) bond motifs is 4. The second kappa shape index (κ2) is 10.3. The lowest BCUT2D eigenvalue weighted by Crippen LogP contribution is -2.51. The maximum Gasteiger partial charge on any atom is 0.319 e. The van der Waals surface area contributed by atoms with Crippen molar-refractivity contribution in [1.82, 2.24) is 25.2 Å². The SMILES string of the molecule is COc1nc(-c2cc(N)cc(Cl)c2C2CC2)c(F)c2nc(OC[C@@]34CCCN3C[C@H](F)C4)nc(N3C[C@H]4CC[C@@H](C3)N4)c12. The first-order chi connectivity index (χ1) is 20.8. The zero-order valence-electron chi connectivity index (χ0n) is 24.2. The number of rotatable bonds is 7. The molecule has 3 N–H and O–H groups in total. The van der Waals surface area contributed by atoms with Gasteiger partial charge in [0.2, 0.25) is 5.88 Å². The van der Waals surface area contributed by atoms with E-state index >= 15 is 4.39 Å². The molecule has 4 atom stereocenters. The van der Waals surface area contributed by atoms with E-state index in [0.29, 0.717) is 65.6 Å². The number of halogens is 3. The third kappa shape index (κ3) is 4.66. The third-order valence-corrected chi connectivity index (χ3v) is 10.4. The number of alkyl halides is 1. The molecule has 8 rings (SSSR count). The van der Waals surface area contributed by atoms with E-state index in [-0.39, 0.29) is 41.2 Å². The number of nitrogen functional groups attached to an aromatic ring is 1. The molecule has 0 radical (unpaired) electrons. The molecule has 0 spiro atoms. The van der Waals surface area contributed by atoms with Gasteiger partial charge < -0.3 is 25.4 Å². The molecule has 0 unspecified atom stereocenters. The molecule has 1 aromatic carbocycles. The van der Waals surface area contributed by atoms with Gasteiger partial charge in [0.1, 0.15) is 35.2 Å². The number of nitrogens with one attached hydrogen (secondary N) is 1. The van der Waals surface area contributed by atoms with Gasteiger partial charge in [0.05, 0.1) is 12.6 Å². The molecule has 4 aliphatic heterocycles. The molecule has 2 bridgehead atoms. The van der Waals surface area contributed by atoms with Crippen LogP contribution in [0.2, 0.25) is 5.02 Å². The van der Waals surface area contributed by atoms with Crippen molar-refractivity contribution in [1.29, 1.82) is 0 Å². The van der Waals surface area contributed by atoms with Gasteiger partial charge in [-0.05, 0) is 68.7 Å².